The van der Waals surface area contributed by atoms with Crippen molar-refractivity contribution in [3.63, 3.8) is 0 Å². The van der Waals surface area contributed by atoms with Crippen LogP contribution in [0.1, 0.15) is 17.2 Å². The number of carbonyl (C=O) groups excluding carboxylic acids is 1. The van der Waals surface area contributed by atoms with E-state index in [0.29, 0.717) is 6.54 Å². The standard InChI is InChI=1S/C15H15N3O/c1-18-10-16-9-14(18)13-8-17-15(19)12(13)7-11-5-3-2-4-6-11/h2-7,9-10,13H,8H2,1H3,(H,17,19)/b12-7+. The van der Waals surface area contributed by atoms with E-state index in [-0.39, 0.29) is 11.8 Å². The van der Waals surface area contributed by atoms with Crippen LogP contribution in [-0.2, 0) is 11.8 Å². The van der Waals surface area contributed by atoms with Crippen molar-refractivity contribution in [1.29, 1.82) is 0 Å². The molecule has 1 unspecified atom stereocenters. The van der Waals surface area contributed by atoms with Gasteiger partial charge in [0, 0.05) is 37.0 Å². The molecule has 1 fully saturated rings. The summed E-state index contributed by atoms with van der Waals surface area (Å²) in [7, 11) is 1.95. The number of aryl methyl sites for hydroxylation is 1. The van der Waals surface area contributed by atoms with Gasteiger partial charge < -0.3 is 9.88 Å². The van der Waals surface area contributed by atoms with E-state index in [1.807, 2.05) is 54.2 Å². The summed E-state index contributed by atoms with van der Waals surface area (Å²) < 4.78 is 1.96. The highest BCUT2D eigenvalue weighted by Crippen LogP contribution is 2.29. The Bertz CT molecular complexity index is 628. The molecule has 3 rings (SSSR count). The monoisotopic (exact) mass is 253 g/mol. The van der Waals surface area contributed by atoms with Gasteiger partial charge in [0.25, 0.3) is 0 Å². The number of hydrogen-bond acceptors (Lipinski definition) is 2. The molecular formula is C15H15N3O. The van der Waals surface area contributed by atoms with Crippen LogP contribution in [0, 0.1) is 0 Å². The Morgan fingerprint density at radius 1 is 1.37 bits per heavy atom. The van der Waals surface area contributed by atoms with Crippen LogP contribution in [0.5, 0.6) is 0 Å². The first-order chi connectivity index (χ1) is 9.25. The number of imidazole rings is 1. The molecule has 4 nitrogen and oxygen atoms in total. The van der Waals surface area contributed by atoms with Gasteiger partial charge >= 0.3 is 0 Å². The van der Waals surface area contributed by atoms with Gasteiger partial charge in [0.2, 0.25) is 5.91 Å². The molecule has 19 heavy (non-hydrogen) atoms. The lowest BCUT2D eigenvalue weighted by molar-refractivity contribution is -0.116. The van der Waals surface area contributed by atoms with Crippen molar-refractivity contribution < 1.29 is 4.79 Å². The second kappa shape index (κ2) is 4.72. The number of benzene rings is 1. The van der Waals surface area contributed by atoms with Crippen LogP contribution in [0.3, 0.4) is 0 Å². The number of amides is 1. The third-order valence-electron chi connectivity index (χ3n) is 3.44. The molecule has 0 saturated carbocycles. The maximum Gasteiger partial charge on any atom is 0.248 e. The first kappa shape index (κ1) is 11.7. The Hall–Kier alpha value is -2.36. The summed E-state index contributed by atoms with van der Waals surface area (Å²) >= 11 is 0. The van der Waals surface area contributed by atoms with Gasteiger partial charge in [0.15, 0.2) is 0 Å². The Kier molecular flexibility index (Phi) is 2.91. The van der Waals surface area contributed by atoms with E-state index in [1.54, 1.807) is 6.33 Å². The fraction of sp³-hybridized carbons (Fsp3) is 0.200. The number of rotatable bonds is 2. The molecule has 0 spiro atoms. The average Bonchev–Trinajstić information content (AvgIpc) is 2.99. The lowest BCUT2D eigenvalue weighted by Crippen LogP contribution is -2.14. The normalized spacial score (nSPS) is 20.8. The zero-order chi connectivity index (χ0) is 13.2. The number of aromatic nitrogens is 2. The molecule has 1 aliphatic rings. The number of hydrogen-bond donors (Lipinski definition) is 1. The third-order valence-corrected chi connectivity index (χ3v) is 3.44. The van der Waals surface area contributed by atoms with E-state index in [4.69, 9.17) is 0 Å². The fourth-order valence-corrected chi connectivity index (χ4v) is 2.43. The van der Waals surface area contributed by atoms with Gasteiger partial charge in [-0.25, -0.2) is 4.98 Å². The molecule has 4 heteroatoms. The third kappa shape index (κ3) is 2.17. The maximum atomic E-state index is 12.0. The van der Waals surface area contributed by atoms with E-state index in [2.05, 4.69) is 10.3 Å². The smallest absolute Gasteiger partial charge is 0.248 e. The molecule has 96 valence electrons. The Balaban J connectivity index is 2.00. The molecule has 1 aliphatic heterocycles. The molecule has 0 aliphatic carbocycles. The number of nitrogens with one attached hydrogen (secondary N) is 1. The van der Waals surface area contributed by atoms with Gasteiger partial charge in [-0.15, -0.1) is 0 Å². The van der Waals surface area contributed by atoms with E-state index in [1.165, 1.54) is 0 Å². The van der Waals surface area contributed by atoms with Crippen molar-refractivity contribution in [3.8, 4) is 0 Å². The zero-order valence-electron chi connectivity index (χ0n) is 10.7. The van der Waals surface area contributed by atoms with Crippen LogP contribution in [0.2, 0.25) is 0 Å². The first-order valence-electron chi connectivity index (χ1n) is 6.27. The van der Waals surface area contributed by atoms with E-state index < -0.39 is 0 Å². The predicted molar refractivity (Wildman–Crippen MR) is 73.4 cm³/mol. The second-order valence-corrected chi connectivity index (χ2v) is 4.70. The molecule has 1 atom stereocenters. The van der Waals surface area contributed by atoms with Crippen molar-refractivity contribution in [2.24, 2.45) is 7.05 Å². The summed E-state index contributed by atoms with van der Waals surface area (Å²) in [5.74, 6) is 0.0789. The minimum atomic E-state index is 0.00931. The molecule has 0 radical (unpaired) electrons. The zero-order valence-corrected chi connectivity index (χ0v) is 10.7. The largest absolute Gasteiger partial charge is 0.351 e. The Labute approximate surface area is 111 Å². The van der Waals surface area contributed by atoms with Crippen LogP contribution >= 0.6 is 0 Å². The Morgan fingerprint density at radius 3 is 2.84 bits per heavy atom. The van der Waals surface area contributed by atoms with Crippen molar-refractivity contribution >= 4 is 12.0 Å². The van der Waals surface area contributed by atoms with Crippen LogP contribution in [0.25, 0.3) is 6.08 Å². The summed E-state index contributed by atoms with van der Waals surface area (Å²) in [6.45, 7) is 0.636. The highest BCUT2D eigenvalue weighted by Gasteiger charge is 2.31. The second-order valence-electron chi connectivity index (χ2n) is 4.70. The molecule has 1 N–H and O–H groups in total. The maximum absolute atomic E-state index is 12.0. The predicted octanol–water partition coefficient (Wildman–Crippen LogP) is 1.72. The van der Waals surface area contributed by atoms with Gasteiger partial charge in [0.05, 0.1) is 6.33 Å². The average molecular weight is 253 g/mol. The molecule has 1 aromatic carbocycles. The van der Waals surface area contributed by atoms with E-state index in [0.717, 1.165) is 16.8 Å². The highest BCUT2D eigenvalue weighted by molar-refractivity contribution is 6.01. The van der Waals surface area contributed by atoms with Gasteiger partial charge in [-0.05, 0) is 11.6 Å². The lowest BCUT2D eigenvalue weighted by atomic mass is 9.97. The lowest BCUT2D eigenvalue weighted by Gasteiger charge is -2.10. The summed E-state index contributed by atoms with van der Waals surface area (Å²) in [4.78, 5) is 16.1. The Morgan fingerprint density at radius 2 is 2.16 bits per heavy atom. The van der Waals surface area contributed by atoms with Gasteiger partial charge in [-0.1, -0.05) is 30.3 Å². The van der Waals surface area contributed by atoms with Crippen molar-refractivity contribution in [2.45, 2.75) is 5.92 Å². The molecule has 1 saturated heterocycles. The highest BCUT2D eigenvalue weighted by atomic mass is 16.2. The summed E-state index contributed by atoms with van der Waals surface area (Å²) in [5.41, 5.74) is 2.90. The molecule has 1 aromatic heterocycles. The van der Waals surface area contributed by atoms with Crippen LogP contribution < -0.4 is 5.32 Å². The summed E-state index contributed by atoms with van der Waals surface area (Å²) in [6, 6.07) is 9.91. The quantitative estimate of drug-likeness (QED) is 0.828. The minimum Gasteiger partial charge on any atom is -0.351 e. The first-order valence-corrected chi connectivity index (χ1v) is 6.27. The van der Waals surface area contributed by atoms with Gasteiger partial charge in [0.1, 0.15) is 0 Å². The van der Waals surface area contributed by atoms with Crippen LogP contribution in [0.4, 0.5) is 0 Å². The van der Waals surface area contributed by atoms with Gasteiger partial charge in [-0.2, -0.15) is 0 Å². The molecular weight excluding hydrogens is 238 g/mol. The fourth-order valence-electron chi connectivity index (χ4n) is 2.43. The topological polar surface area (TPSA) is 46.9 Å². The van der Waals surface area contributed by atoms with E-state index >= 15 is 0 Å². The van der Waals surface area contributed by atoms with Crippen molar-refractivity contribution in [2.75, 3.05) is 6.54 Å². The molecule has 2 heterocycles. The van der Waals surface area contributed by atoms with E-state index in [9.17, 15) is 4.79 Å². The number of carbonyl (C=O) groups is 1. The van der Waals surface area contributed by atoms with Crippen LogP contribution in [0.15, 0.2) is 48.4 Å². The molecule has 1 amide bonds. The molecule has 2 aromatic rings. The number of nitrogens with zero attached hydrogens (tertiary/aromatic N) is 2. The van der Waals surface area contributed by atoms with Crippen LogP contribution in [-0.4, -0.2) is 22.0 Å². The summed E-state index contributed by atoms with van der Waals surface area (Å²) in [6.07, 6.45) is 5.54. The van der Waals surface area contributed by atoms with Crippen molar-refractivity contribution in [3.05, 3.63) is 59.7 Å². The van der Waals surface area contributed by atoms with Gasteiger partial charge in [-0.3, -0.25) is 4.79 Å². The minimum absolute atomic E-state index is 0.00931. The van der Waals surface area contributed by atoms with Crippen molar-refractivity contribution in [1.82, 2.24) is 14.9 Å². The summed E-state index contributed by atoms with van der Waals surface area (Å²) in [5, 5.41) is 2.91. The molecule has 0 bridgehead atoms. The SMILES string of the molecule is Cn1cncc1C1CNC(=O)/C1=C/c1ccccc1.